The summed E-state index contributed by atoms with van der Waals surface area (Å²) in [6.07, 6.45) is -0.840. The summed E-state index contributed by atoms with van der Waals surface area (Å²) in [5.74, 6) is 0.169. The van der Waals surface area contributed by atoms with Gasteiger partial charge in [0.05, 0.1) is 0 Å². The van der Waals surface area contributed by atoms with E-state index in [1.54, 1.807) is 22.9 Å². The molecule has 0 radical (unpaired) electrons. The molecular formula is C24H18BrClN2O3. The monoisotopic (exact) mass is 496 g/mol. The number of hydrogen-bond donors (Lipinski definition) is 0. The van der Waals surface area contributed by atoms with Crippen molar-refractivity contribution in [2.24, 2.45) is 0 Å². The van der Waals surface area contributed by atoms with E-state index in [1.165, 1.54) is 0 Å². The van der Waals surface area contributed by atoms with Crippen LogP contribution in [0.4, 0.5) is 5.69 Å². The van der Waals surface area contributed by atoms with Gasteiger partial charge in [-0.15, -0.1) is 0 Å². The Hall–Kier alpha value is -2.83. The molecule has 0 bridgehead atoms. The molecule has 2 heterocycles. The van der Waals surface area contributed by atoms with Crippen LogP contribution in [0.1, 0.15) is 11.1 Å². The minimum absolute atomic E-state index is 0.0449. The molecule has 0 saturated carbocycles. The topological polar surface area (TPSA) is 49.9 Å². The molecule has 2 atom stereocenters. The third kappa shape index (κ3) is 2.97. The maximum absolute atomic E-state index is 13.3. The first-order valence-corrected chi connectivity index (χ1v) is 11.0. The molecule has 7 heteroatoms. The first-order valence-electron chi connectivity index (χ1n) is 9.78. The molecule has 0 N–H and O–H groups in total. The number of fused-ring (bicyclic) bond motifs is 3. The summed E-state index contributed by atoms with van der Waals surface area (Å²) >= 11 is 9.83. The quantitative estimate of drug-likeness (QED) is 0.497. The first-order chi connectivity index (χ1) is 14.9. The second-order valence-corrected chi connectivity index (χ2v) is 8.97. The summed E-state index contributed by atoms with van der Waals surface area (Å²) in [5.41, 5.74) is 1.36. The van der Waals surface area contributed by atoms with Crippen LogP contribution in [0.2, 0.25) is 5.02 Å². The van der Waals surface area contributed by atoms with Crippen LogP contribution in [0.5, 0.6) is 5.75 Å². The highest BCUT2D eigenvalue weighted by atomic mass is 79.9. The summed E-state index contributed by atoms with van der Waals surface area (Å²) < 4.78 is 7.20. The molecule has 2 aliphatic rings. The van der Waals surface area contributed by atoms with Gasteiger partial charge in [-0.1, -0.05) is 57.9 Å². The number of hydrogen-bond acceptors (Lipinski definition) is 3. The molecule has 1 fully saturated rings. The van der Waals surface area contributed by atoms with Gasteiger partial charge in [0.25, 0.3) is 5.91 Å². The van der Waals surface area contributed by atoms with Crippen LogP contribution in [-0.2, 0) is 15.1 Å². The molecule has 156 valence electrons. The predicted molar refractivity (Wildman–Crippen MR) is 122 cm³/mol. The zero-order valence-electron chi connectivity index (χ0n) is 16.6. The molecule has 1 saturated heterocycles. The molecule has 31 heavy (non-hydrogen) atoms. The maximum atomic E-state index is 13.3. The van der Waals surface area contributed by atoms with E-state index in [4.69, 9.17) is 16.3 Å². The van der Waals surface area contributed by atoms with E-state index in [0.717, 1.165) is 15.6 Å². The van der Waals surface area contributed by atoms with E-state index in [0.29, 0.717) is 16.5 Å². The average molecular weight is 498 g/mol. The van der Waals surface area contributed by atoms with Crippen molar-refractivity contribution in [1.82, 2.24) is 4.90 Å². The number of carbonyl (C=O) groups excluding carboxylic acids is 2. The van der Waals surface area contributed by atoms with Crippen molar-refractivity contribution in [2.45, 2.75) is 11.6 Å². The minimum atomic E-state index is -0.980. The van der Waals surface area contributed by atoms with Crippen LogP contribution in [0, 0.1) is 0 Å². The van der Waals surface area contributed by atoms with Crippen molar-refractivity contribution in [3.05, 3.63) is 93.4 Å². The van der Waals surface area contributed by atoms with Gasteiger partial charge in [-0.3, -0.25) is 9.59 Å². The number of likely N-dealkylation sites (N-methyl/N-ethyl adjacent to an activating group) is 1. The van der Waals surface area contributed by atoms with Crippen molar-refractivity contribution >= 4 is 45.0 Å². The summed E-state index contributed by atoms with van der Waals surface area (Å²) in [6, 6.07) is 22.4. The Balaban J connectivity index is 1.76. The van der Waals surface area contributed by atoms with Crippen LogP contribution in [0.3, 0.4) is 0 Å². The van der Waals surface area contributed by atoms with Gasteiger partial charge >= 0.3 is 0 Å². The van der Waals surface area contributed by atoms with Crippen molar-refractivity contribution in [2.75, 3.05) is 18.5 Å². The Bertz CT molecular complexity index is 1190. The Morgan fingerprint density at radius 3 is 2.45 bits per heavy atom. The number of ether oxygens (including phenoxy) is 1. The molecule has 5 nitrogen and oxygen atoms in total. The second kappa shape index (κ2) is 7.39. The van der Waals surface area contributed by atoms with E-state index in [1.807, 2.05) is 66.7 Å². The Labute approximate surface area is 193 Å². The van der Waals surface area contributed by atoms with Crippen molar-refractivity contribution < 1.29 is 14.3 Å². The van der Waals surface area contributed by atoms with Gasteiger partial charge in [0.2, 0.25) is 12.0 Å². The molecule has 3 aromatic rings. The lowest BCUT2D eigenvalue weighted by Crippen LogP contribution is -2.74. The lowest BCUT2D eigenvalue weighted by atomic mass is 9.69. The van der Waals surface area contributed by atoms with Crippen LogP contribution in [0.25, 0.3) is 0 Å². The van der Waals surface area contributed by atoms with Crippen LogP contribution >= 0.6 is 27.5 Å². The molecule has 2 aliphatic heterocycles. The summed E-state index contributed by atoms with van der Waals surface area (Å²) in [5, 5.41) is 0.526. The fraction of sp³-hybridized carbons (Fsp3) is 0.167. The number of anilines is 1. The lowest BCUT2D eigenvalue weighted by molar-refractivity contribution is -0.177. The predicted octanol–water partition coefficient (Wildman–Crippen LogP) is 4.61. The first kappa shape index (κ1) is 20.1. The van der Waals surface area contributed by atoms with E-state index in [2.05, 4.69) is 15.9 Å². The zero-order valence-corrected chi connectivity index (χ0v) is 18.9. The Morgan fingerprint density at radius 2 is 1.74 bits per heavy atom. The number of rotatable bonds is 3. The summed E-state index contributed by atoms with van der Waals surface area (Å²) in [7, 11) is 1.72. The number of benzene rings is 3. The van der Waals surface area contributed by atoms with Crippen LogP contribution in [-0.4, -0.2) is 36.4 Å². The average Bonchev–Trinajstić information content (AvgIpc) is 2.86. The minimum Gasteiger partial charge on any atom is -0.477 e. The summed E-state index contributed by atoms with van der Waals surface area (Å²) in [6.45, 7) is -0.0449. The lowest BCUT2D eigenvalue weighted by Gasteiger charge is -2.56. The number of nitrogens with zero attached hydrogens (tertiary/aromatic N) is 2. The number of halogens is 2. The largest absolute Gasteiger partial charge is 0.477 e. The molecule has 0 aromatic heterocycles. The Kier molecular flexibility index (Phi) is 4.79. The molecule has 3 aromatic carbocycles. The third-order valence-corrected chi connectivity index (χ3v) is 6.74. The maximum Gasteiger partial charge on any atom is 0.268 e. The van der Waals surface area contributed by atoms with Crippen LogP contribution < -0.4 is 9.64 Å². The van der Waals surface area contributed by atoms with E-state index in [9.17, 15) is 9.59 Å². The van der Waals surface area contributed by atoms with E-state index < -0.39 is 11.6 Å². The summed E-state index contributed by atoms with van der Waals surface area (Å²) in [4.78, 5) is 29.4. The standard InChI is InChI=1S/C24H18BrClN2O3/c1-27-20-12-9-17(26)13-19(20)24(15-5-3-2-4-6-15)22(23(30)28(24)14-21(27)29)31-18-10-7-16(25)8-11-18/h2-13,22H,14H2,1H3/t22-,24+/m1/s1. The van der Waals surface area contributed by atoms with Gasteiger partial charge < -0.3 is 14.5 Å². The zero-order chi connectivity index (χ0) is 21.8. The highest BCUT2D eigenvalue weighted by Crippen LogP contribution is 2.53. The Morgan fingerprint density at radius 1 is 1.03 bits per heavy atom. The van der Waals surface area contributed by atoms with Gasteiger partial charge in [0.15, 0.2) is 0 Å². The molecule has 0 spiro atoms. The highest BCUT2D eigenvalue weighted by molar-refractivity contribution is 9.10. The third-order valence-electron chi connectivity index (χ3n) is 5.98. The van der Waals surface area contributed by atoms with Gasteiger partial charge in [-0.2, -0.15) is 0 Å². The second-order valence-electron chi connectivity index (χ2n) is 7.62. The normalized spacial score (nSPS) is 22.4. The van der Waals surface area contributed by atoms with Crippen molar-refractivity contribution in [3.63, 3.8) is 0 Å². The van der Waals surface area contributed by atoms with E-state index >= 15 is 0 Å². The fourth-order valence-electron chi connectivity index (χ4n) is 4.48. The highest BCUT2D eigenvalue weighted by Gasteiger charge is 2.66. The molecular weight excluding hydrogens is 480 g/mol. The molecule has 0 aliphatic carbocycles. The molecule has 2 amide bonds. The number of amides is 2. The van der Waals surface area contributed by atoms with E-state index in [-0.39, 0.29) is 18.4 Å². The number of β-lactam (4-membered cyclic amide) rings is 1. The van der Waals surface area contributed by atoms with Crippen molar-refractivity contribution in [1.29, 1.82) is 0 Å². The SMILES string of the molecule is CN1C(=O)CN2C(=O)[C@@H](Oc3ccc(Br)cc3)[C@]2(c2ccccc2)c2cc(Cl)ccc21. The molecule has 0 unspecified atom stereocenters. The van der Waals surface area contributed by atoms with Crippen molar-refractivity contribution in [3.8, 4) is 5.75 Å². The number of carbonyl (C=O) groups is 2. The molecule has 5 rings (SSSR count). The van der Waals surface area contributed by atoms with Gasteiger partial charge in [-0.25, -0.2) is 0 Å². The van der Waals surface area contributed by atoms with Crippen LogP contribution in [0.15, 0.2) is 77.3 Å². The van der Waals surface area contributed by atoms with Gasteiger partial charge in [0.1, 0.15) is 17.8 Å². The fourth-order valence-corrected chi connectivity index (χ4v) is 4.92. The van der Waals surface area contributed by atoms with Gasteiger partial charge in [0, 0.05) is 27.8 Å². The smallest absolute Gasteiger partial charge is 0.268 e. The van der Waals surface area contributed by atoms with Gasteiger partial charge in [-0.05, 0) is 48.0 Å².